The summed E-state index contributed by atoms with van der Waals surface area (Å²) >= 11 is 3.40. The summed E-state index contributed by atoms with van der Waals surface area (Å²) in [5, 5.41) is 0. The van der Waals surface area contributed by atoms with Crippen LogP contribution in [0.5, 0.6) is 0 Å². The lowest BCUT2D eigenvalue weighted by atomic mass is 10.1. The maximum absolute atomic E-state index is 11.3. The number of aromatic amines is 2. The lowest BCUT2D eigenvalue weighted by Crippen LogP contribution is -2.29. The highest BCUT2D eigenvalue weighted by Gasteiger charge is 2.06. The highest BCUT2D eigenvalue weighted by atomic mass is 79.9. The second-order valence-corrected chi connectivity index (χ2v) is 4.91. The molecule has 90 valence electrons. The quantitative estimate of drug-likeness (QED) is 0.854. The molecule has 2 aromatic rings. The maximum Gasteiger partial charge on any atom is 0.314 e. The molecule has 5 heteroatoms. The molecule has 0 aliphatic heterocycles. The number of H-pyrrole nitrogens is 2. The molecule has 4 nitrogen and oxygen atoms in total. The van der Waals surface area contributed by atoms with Crippen LogP contribution in [0.15, 0.2) is 26.2 Å². The molecule has 0 aliphatic carbocycles. The molecule has 0 radical (unpaired) electrons. The van der Waals surface area contributed by atoms with Gasteiger partial charge in [-0.25, -0.2) is 0 Å². The monoisotopic (exact) mass is 296 g/mol. The van der Waals surface area contributed by atoms with Crippen molar-refractivity contribution >= 4 is 27.0 Å². The van der Waals surface area contributed by atoms with Crippen LogP contribution < -0.4 is 11.1 Å². The topological polar surface area (TPSA) is 65.7 Å². The number of aromatic nitrogens is 2. The summed E-state index contributed by atoms with van der Waals surface area (Å²) < 4.78 is 0.902. The summed E-state index contributed by atoms with van der Waals surface area (Å²) in [6.45, 7) is 2.12. The number of fused-ring (bicyclic) bond motifs is 1. The first-order valence-electron chi connectivity index (χ1n) is 5.56. The van der Waals surface area contributed by atoms with Gasteiger partial charge in [-0.2, -0.15) is 0 Å². The standard InChI is InChI=1S/C12H13BrN2O2/c1-2-3-4-7-5-8(13)6-9-10(7)15-12(17)11(16)14-9/h5-6H,2-4H2,1H3,(H,14,16)(H,15,17). The van der Waals surface area contributed by atoms with E-state index in [4.69, 9.17) is 0 Å². The van der Waals surface area contributed by atoms with E-state index in [1.54, 1.807) is 6.07 Å². The van der Waals surface area contributed by atoms with Gasteiger partial charge in [0.15, 0.2) is 0 Å². The van der Waals surface area contributed by atoms with Gasteiger partial charge in [0.05, 0.1) is 11.0 Å². The average Bonchev–Trinajstić information content (AvgIpc) is 2.28. The Kier molecular flexibility index (Phi) is 3.47. The zero-order valence-corrected chi connectivity index (χ0v) is 11.1. The second kappa shape index (κ2) is 4.87. The number of rotatable bonds is 3. The number of hydrogen-bond donors (Lipinski definition) is 2. The smallest absolute Gasteiger partial charge is 0.314 e. The molecule has 17 heavy (non-hydrogen) atoms. The van der Waals surface area contributed by atoms with E-state index in [1.807, 2.05) is 6.07 Å². The van der Waals surface area contributed by atoms with Gasteiger partial charge in [0.2, 0.25) is 0 Å². The number of unbranched alkanes of at least 4 members (excludes halogenated alkanes) is 1. The van der Waals surface area contributed by atoms with Crippen LogP contribution in [0, 0.1) is 0 Å². The number of nitrogens with one attached hydrogen (secondary N) is 2. The van der Waals surface area contributed by atoms with Gasteiger partial charge in [-0.1, -0.05) is 29.3 Å². The summed E-state index contributed by atoms with van der Waals surface area (Å²) in [4.78, 5) is 27.8. The third-order valence-corrected chi connectivity index (χ3v) is 3.14. The van der Waals surface area contributed by atoms with Crippen LogP contribution in [0.2, 0.25) is 0 Å². The Morgan fingerprint density at radius 2 is 1.88 bits per heavy atom. The maximum atomic E-state index is 11.3. The van der Waals surface area contributed by atoms with E-state index in [0.717, 1.165) is 34.8 Å². The molecular formula is C12H13BrN2O2. The van der Waals surface area contributed by atoms with Gasteiger partial charge in [-0.3, -0.25) is 9.59 Å². The summed E-state index contributed by atoms with van der Waals surface area (Å²) in [5.41, 5.74) is 1.22. The van der Waals surface area contributed by atoms with Crippen molar-refractivity contribution in [3.05, 3.63) is 42.9 Å². The van der Waals surface area contributed by atoms with E-state index < -0.39 is 11.1 Å². The zero-order valence-electron chi connectivity index (χ0n) is 9.47. The molecule has 0 saturated heterocycles. The number of benzene rings is 1. The normalized spacial score (nSPS) is 10.9. The van der Waals surface area contributed by atoms with Gasteiger partial charge >= 0.3 is 11.1 Å². The van der Waals surface area contributed by atoms with Crippen LogP contribution in [0.25, 0.3) is 11.0 Å². The van der Waals surface area contributed by atoms with Crippen LogP contribution in [-0.2, 0) is 6.42 Å². The average molecular weight is 297 g/mol. The lowest BCUT2D eigenvalue weighted by molar-refractivity contribution is 0.797. The molecule has 0 bridgehead atoms. The number of aryl methyl sites for hydroxylation is 1. The van der Waals surface area contributed by atoms with Gasteiger partial charge in [0.1, 0.15) is 0 Å². The molecule has 2 rings (SSSR count). The van der Waals surface area contributed by atoms with Gasteiger partial charge in [-0.05, 0) is 30.5 Å². The highest BCUT2D eigenvalue weighted by Crippen LogP contribution is 2.21. The van der Waals surface area contributed by atoms with Gasteiger partial charge in [0, 0.05) is 4.47 Å². The third-order valence-electron chi connectivity index (χ3n) is 2.68. The Bertz CT molecular complexity index is 658. The van der Waals surface area contributed by atoms with Crippen molar-refractivity contribution < 1.29 is 0 Å². The van der Waals surface area contributed by atoms with Crippen molar-refractivity contribution in [2.45, 2.75) is 26.2 Å². The predicted molar refractivity (Wildman–Crippen MR) is 71.5 cm³/mol. The molecule has 1 aromatic heterocycles. The Balaban J connectivity index is 2.69. The molecule has 0 aliphatic rings. The summed E-state index contributed by atoms with van der Waals surface area (Å²) in [5.74, 6) is 0. The largest absolute Gasteiger partial charge is 0.316 e. The SMILES string of the molecule is CCCCc1cc(Br)cc2[nH]c(=O)c(=O)[nH]c12. The molecule has 0 amide bonds. The highest BCUT2D eigenvalue weighted by molar-refractivity contribution is 9.10. The molecule has 0 atom stereocenters. The van der Waals surface area contributed by atoms with Crippen LogP contribution in [-0.4, -0.2) is 9.97 Å². The minimum atomic E-state index is -0.614. The van der Waals surface area contributed by atoms with Crippen molar-refractivity contribution in [3.63, 3.8) is 0 Å². The van der Waals surface area contributed by atoms with Crippen molar-refractivity contribution in [3.8, 4) is 0 Å². The predicted octanol–water partition coefficient (Wildman–Crippen LogP) is 2.32. The van der Waals surface area contributed by atoms with Crippen LogP contribution in [0.3, 0.4) is 0 Å². The summed E-state index contributed by atoms with van der Waals surface area (Å²) in [7, 11) is 0. The van der Waals surface area contributed by atoms with Gasteiger partial charge in [-0.15, -0.1) is 0 Å². The molecule has 2 N–H and O–H groups in total. The van der Waals surface area contributed by atoms with Crippen molar-refractivity contribution in [1.29, 1.82) is 0 Å². The fraction of sp³-hybridized carbons (Fsp3) is 0.333. The Morgan fingerprint density at radius 3 is 2.59 bits per heavy atom. The molecule has 0 saturated carbocycles. The van der Waals surface area contributed by atoms with E-state index in [9.17, 15) is 9.59 Å². The lowest BCUT2D eigenvalue weighted by Gasteiger charge is -2.06. The van der Waals surface area contributed by atoms with Crippen molar-refractivity contribution in [2.24, 2.45) is 0 Å². The first-order valence-corrected chi connectivity index (χ1v) is 6.36. The van der Waals surface area contributed by atoms with E-state index in [-0.39, 0.29) is 0 Å². The number of halogens is 1. The molecule has 1 heterocycles. The fourth-order valence-electron chi connectivity index (χ4n) is 1.82. The summed E-state index contributed by atoms with van der Waals surface area (Å²) in [6, 6.07) is 3.77. The first kappa shape index (κ1) is 12.1. The second-order valence-electron chi connectivity index (χ2n) is 4.00. The molecular weight excluding hydrogens is 284 g/mol. The van der Waals surface area contributed by atoms with Crippen LogP contribution in [0.1, 0.15) is 25.3 Å². The van der Waals surface area contributed by atoms with E-state index in [0.29, 0.717) is 5.52 Å². The minimum absolute atomic E-state index is 0.599. The van der Waals surface area contributed by atoms with Crippen LogP contribution >= 0.6 is 15.9 Å². The molecule has 0 unspecified atom stereocenters. The van der Waals surface area contributed by atoms with E-state index in [2.05, 4.69) is 32.8 Å². The minimum Gasteiger partial charge on any atom is -0.316 e. The Hall–Kier alpha value is -1.36. The molecule has 0 fully saturated rings. The van der Waals surface area contributed by atoms with E-state index in [1.165, 1.54) is 0 Å². The van der Waals surface area contributed by atoms with Crippen molar-refractivity contribution in [1.82, 2.24) is 9.97 Å². The van der Waals surface area contributed by atoms with Gasteiger partial charge < -0.3 is 9.97 Å². The Morgan fingerprint density at radius 1 is 1.18 bits per heavy atom. The van der Waals surface area contributed by atoms with E-state index >= 15 is 0 Å². The first-order chi connectivity index (χ1) is 8.11. The number of hydrogen-bond acceptors (Lipinski definition) is 2. The molecule has 0 spiro atoms. The zero-order chi connectivity index (χ0) is 12.4. The van der Waals surface area contributed by atoms with Crippen molar-refractivity contribution in [2.75, 3.05) is 0 Å². The van der Waals surface area contributed by atoms with Gasteiger partial charge in [0.25, 0.3) is 0 Å². The Labute approximate surface area is 106 Å². The third kappa shape index (κ3) is 2.49. The van der Waals surface area contributed by atoms with Crippen LogP contribution in [0.4, 0.5) is 0 Å². The molecule has 1 aromatic carbocycles. The fourth-order valence-corrected chi connectivity index (χ4v) is 2.33. The summed E-state index contributed by atoms with van der Waals surface area (Å²) in [6.07, 6.45) is 3.02.